The number of amides is 4. The second-order valence-corrected chi connectivity index (χ2v) is 6.30. The van der Waals surface area contributed by atoms with Gasteiger partial charge in [-0.2, -0.15) is 0 Å². The van der Waals surface area contributed by atoms with Crippen molar-refractivity contribution in [3.63, 3.8) is 0 Å². The van der Waals surface area contributed by atoms with Crippen LogP contribution in [0.2, 0.25) is 10.3 Å². The van der Waals surface area contributed by atoms with E-state index < -0.39 is 23.6 Å². The Bertz CT molecular complexity index is 890. The van der Waals surface area contributed by atoms with Gasteiger partial charge in [0.2, 0.25) is 17.7 Å². The van der Waals surface area contributed by atoms with Gasteiger partial charge in [0.25, 0.3) is 5.91 Å². The number of pyridine rings is 2. The highest BCUT2D eigenvalue weighted by atomic mass is 35.5. The first-order valence-electron chi connectivity index (χ1n) is 8.18. The van der Waals surface area contributed by atoms with Crippen LogP contribution >= 0.6 is 23.2 Å². The van der Waals surface area contributed by atoms with Gasteiger partial charge in [-0.25, -0.2) is 9.97 Å². The van der Waals surface area contributed by atoms with E-state index in [9.17, 15) is 19.2 Å². The van der Waals surface area contributed by atoms with Crippen LogP contribution in [0.15, 0.2) is 36.7 Å². The van der Waals surface area contributed by atoms with Crippen LogP contribution in [0.5, 0.6) is 0 Å². The molecule has 4 N–H and O–H groups in total. The fourth-order valence-corrected chi connectivity index (χ4v) is 2.13. The molecule has 0 atom stereocenters. The van der Waals surface area contributed by atoms with Crippen molar-refractivity contribution in [1.29, 1.82) is 0 Å². The molecule has 0 fully saturated rings. The third-order valence-electron chi connectivity index (χ3n) is 3.30. The molecule has 12 heteroatoms. The Morgan fingerprint density at radius 1 is 0.724 bits per heavy atom. The highest BCUT2D eigenvalue weighted by Crippen LogP contribution is 2.09. The average molecular weight is 439 g/mol. The number of rotatable bonds is 8. The molecule has 2 aromatic rings. The lowest BCUT2D eigenvalue weighted by Crippen LogP contribution is -2.43. The number of carbonyl (C=O) groups is 4. The van der Waals surface area contributed by atoms with Gasteiger partial charge in [-0.05, 0) is 24.3 Å². The van der Waals surface area contributed by atoms with Gasteiger partial charge in [-0.1, -0.05) is 23.2 Å². The summed E-state index contributed by atoms with van der Waals surface area (Å²) in [5.74, 6) is -2.14. The van der Waals surface area contributed by atoms with Crippen LogP contribution in [0.1, 0.15) is 10.4 Å². The molecule has 4 amide bonds. The van der Waals surface area contributed by atoms with E-state index in [0.717, 1.165) is 0 Å². The monoisotopic (exact) mass is 438 g/mol. The molecule has 0 radical (unpaired) electrons. The largest absolute Gasteiger partial charge is 0.346 e. The van der Waals surface area contributed by atoms with Gasteiger partial charge in [0.15, 0.2) is 0 Å². The van der Waals surface area contributed by atoms with E-state index >= 15 is 0 Å². The summed E-state index contributed by atoms with van der Waals surface area (Å²) in [6.45, 7) is -0.983. The van der Waals surface area contributed by atoms with Gasteiger partial charge in [-0.15, -0.1) is 0 Å². The first-order valence-corrected chi connectivity index (χ1v) is 8.93. The Morgan fingerprint density at radius 2 is 1.28 bits per heavy atom. The highest BCUT2D eigenvalue weighted by Gasteiger charge is 2.11. The zero-order valence-electron chi connectivity index (χ0n) is 14.9. The predicted molar refractivity (Wildman–Crippen MR) is 105 cm³/mol. The van der Waals surface area contributed by atoms with Gasteiger partial charge >= 0.3 is 0 Å². The number of nitrogens with zero attached hydrogens (tertiary/aromatic N) is 2. The number of anilines is 1. The van der Waals surface area contributed by atoms with E-state index in [4.69, 9.17) is 23.2 Å². The second-order valence-electron chi connectivity index (χ2n) is 5.52. The van der Waals surface area contributed by atoms with E-state index in [0.29, 0.717) is 5.69 Å². The first-order chi connectivity index (χ1) is 13.8. The summed E-state index contributed by atoms with van der Waals surface area (Å²) >= 11 is 11.3. The Balaban J connectivity index is 1.63. The third-order valence-corrected chi connectivity index (χ3v) is 3.75. The van der Waals surface area contributed by atoms with Gasteiger partial charge < -0.3 is 21.3 Å². The summed E-state index contributed by atoms with van der Waals surface area (Å²) < 4.78 is 0. The van der Waals surface area contributed by atoms with Crippen LogP contribution in [0.4, 0.5) is 5.69 Å². The fraction of sp³-hybridized carbons (Fsp3) is 0.176. The molecule has 2 rings (SSSR count). The predicted octanol–water partition coefficient (Wildman–Crippen LogP) is 0.384. The molecule has 29 heavy (non-hydrogen) atoms. The molecule has 0 aliphatic carbocycles. The average Bonchev–Trinajstić information content (AvgIpc) is 2.71. The van der Waals surface area contributed by atoms with Crippen molar-refractivity contribution in [2.45, 2.75) is 0 Å². The number of hydrogen-bond acceptors (Lipinski definition) is 6. The molecular weight excluding hydrogens is 423 g/mol. The van der Waals surface area contributed by atoms with Crippen molar-refractivity contribution >= 4 is 52.5 Å². The number of hydrogen-bond donors (Lipinski definition) is 4. The normalized spacial score (nSPS) is 10.0. The van der Waals surface area contributed by atoms with Crippen LogP contribution in [-0.4, -0.2) is 53.2 Å². The van der Waals surface area contributed by atoms with E-state index in [-0.39, 0.29) is 35.5 Å². The molecule has 2 aromatic heterocycles. The quantitative estimate of drug-likeness (QED) is 0.439. The molecule has 0 bridgehead atoms. The zero-order valence-corrected chi connectivity index (χ0v) is 16.4. The molecule has 0 aliphatic heterocycles. The van der Waals surface area contributed by atoms with Crippen molar-refractivity contribution in [1.82, 2.24) is 25.9 Å². The maximum atomic E-state index is 11.8. The minimum Gasteiger partial charge on any atom is -0.346 e. The summed E-state index contributed by atoms with van der Waals surface area (Å²) in [6.07, 6.45) is 2.64. The van der Waals surface area contributed by atoms with E-state index in [1.807, 2.05) is 0 Å². The van der Waals surface area contributed by atoms with E-state index in [1.54, 1.807) is 6.07 Å². The van der Waals surface area contributed by atoms with Gasteiger partial charge in [-0.3, -0.25) is 19.2 Å². The summed E-state index contributed by atoms with van der Waals surface area (Å²) in [6, 6.07) is 5.97. The topological polar surface area (TPSA) is 142 Å². The van der Waals surface area contributed by atoms with E-state index in [2.05, 4.69) is 31.2 Å². The molecule has 0 aromatic carbocycles. The number of aromatic nitrogens is 2. The molecule has 152 valence electrons. The van der Waals surface area contributed by atoms with Crippen molar-refractivity contribution in [2.75, 3.05) is 25.0 Å². The molecular formula is C17H16Cl2N6O4. The van der Waals surface area contributed by atoms with Crippen LogP contribution < -0.4 is 21.3 Å². The lowest BCUT2D eigenvalue weighted by atomic mass is 10.3. The maximum absolute atomic E-state index is 11.8. The maximum Gasteiger partial charge on any atom is 0.253 e. The fourth-order valence-electron chi connectivity index (χ4n) is 1.91. The lowest BCUT2D eigenvalue weighted by molar-refractivity contribution is -0.126. The summed E-state index contributed by atoms with van der Waals surface area (Å²) in [5, 5.41) is 10.1. The van der Waals surface area contributed by atoms with E-state index in [1.165, 1.54) is 30.6 Å². The molecule has 0 saturated heterocycles. The molecule has 0 unspecified atom stereocenters. The van der Waals surface area contributed by atoms with Crippen molar-refractivity contribution < 1.29 is 19.2 Å². The highest BCUT2D eigenvalue weighted by molar-refractivity contribution is 6.29. The molecule has 0 spiro atoms. The minimum absolute atomic E-state index is 0.238. The Morgan fingerprint density at radius 3 is 1.83 bits per heavy atom. The number of halogens is 2. The molecule has 2 heterocycles. The van der Waals surface area contributed by atoms with Crippen LogP contribution in [-0.2, 0) is 14.4 Å². The number of carbonyl (C=O) groups excluding carboxylic acids is 4. The lowest BCUT2D eigenvalue weighted by Gasteiger charge is -2.08. The first kappa shape index (κ1) is 22.1. The van der Waals surface area contributed by atoms with Crippen LogP contribution in [0, 0.1) is 0 Å². The zero-order chi connectivity index (χ0) is 21.2. The summed E-state index contributed by atoms with van der Waals surface area (Å²) in [4.78, 5) is 54.5. The van der Waals surface area contributed by atoms with Crippen LogP contribution in [0.3, 0.4) is 0 Å². The minimum atomic E-state index is -0.577. The molecule has 0 aliphatic rings. The SMILES string of the molecule is O=C(CNC(=O)CNC(=O)c1ccc(Cl)nc1)NCC(=O)Nc1ccc(Cl)nc1. The second kappa shape index (κ2) is 10.9. The Hall–Kier alpha value is -3.24. The standard InChI is InChI=1S/C17H16Cl2N6O4/c18-12-3-1-10(5-20-12)17(29)24-8-15(27)22-7-14(26)23-9-16(28)25-11-2-4-13(19)21-6-11/h1-6H,7-9H2,(H,22,27)(H,23,26)(H,24,29)(H,25,28). The Kier molecular flexibility index (Phi) is 8.31. The van der Waals surface area contributed by atoms with Crippen molar-refractivity contribution in [3.05, 3.63) is 52.5 Å². The molecule has 0 saturated carbocycles. The smallest absolute Gasteiger partial charge is 0.253 e. The van der Waals surface area contributed by atoms with Crippen LogP contribution in [0.25, 0.3) is 0 Å². The van der Waals surface area contributed by atoms with Gasteiger partial charge in [0.05, 0.1) is 37.1 Å². The van der Waals surface area contributed by atoms with Crippen molar-refractivity contribution in [2.24, 2.45) is 0 Å². The third kappa shape index (κ3) is 8.11. The summed E-state index contributed by atoms with van der Waals surface area (Å²) in [7, 11) is 0. The Labute approximate surface area is 175 Å². The summed E-state index contributed by atoms with van der Waals surface area (Å²) in [5.41, 5.74) is 0.662. The van der Waals surface area contributed by atoms with Gasteiger partial charge in [0, 0.05) is 6.20 Å². The van der Waals surface area contributed by atoms with Crippen molar-refractivity contribution in [3.8, 4) is 0 Å². The molecule has 10 nitrogen and oxygen atoms in total. The van der Waals surface area contributed by atoms with Gasteiger partial charge in [0.1, 0.15) is 10.3 Å². The number of nitrogens with one attached hydrogen (secondary N) is 4.